The first-order chi connectivity index (χ1) is 7.36. The molecule has 0 aromatic carbocycles. The van der Waals surface area contributed by atoms with Crippen LogP contribution in [-0.4, -0.2) is 23.1 Å². The van der Waals surface area contributed by atoms with Gasteiger partial charge in [0.1, 0.15) is 12.1 Å². The molecule has 15 heavy (non-hydrogen) atoms. The summed E-state index contributed by atoms with van der Waals surface area (Å²) in [6.45, 7) is 3.46. The van der Waals surface area contributed by atoms with Crippen LogP contribution in [0.4, 0.5) is 5.82 Å². The number of hydrogen-bond donors (Lipinski definition) is 2. The van der Waals surface area contributed by atoms with Gasteiger partial charge in [0.05, 0.1) is 0 Å². The summed E-state index contributed by atoms with van der Waals surface area (Å²) in [5, 5.41) is 3.18. The first-order valence-corrected chi connectivity index (χ1v) is 5.26. The van der Waals surface area contributed by atoms with Crippen LogP contribution in [0.2, 0.25) is 0 Å². The van der Waals surface area contributed by atoms with E-state index in [4.69, 9.17) is 5.73 Å². The molecule has 0 amide bonds. The van der Waals surface area contributed by atoms with Gasteiger partial charge in [0, 0.05) is 24.8 Å². The molecule has 0 saturated carbocycles. The van der Waals surface area contributed by atoms with Crippen molar-refractivity contribution in [3.63, 3.8) is 0 Å². The van der Waals surface area contributed by atoms with Crippen LogP contribution in [0.25, 0.3) is 0 Å². The van der Waals surface area contributed by atoms with Crippen LogP contribution in [0.15, 0.2) is 24.5 Å². The standard InChI is InChI=1S/C11H18N4/c1-2-5-10-8-11(15-9-14-10)13-7-4-3-6-12/h3-4,8-9H,2,5-7,12H2,1H3,(H,13,14,15)/b4-3+. The Hall–Kier alpha value is -1.42. The maximum Gasteiger partial charge on any atom is 0.129 e. The fourth-order valence-electron chi connectivity index (χ4n) is 1.23. The quantitative estimate of drug-likeness (QED) is 0.690. The molecule has 1 heterocycles. The van der Waals surface area contributed by atoms with Crippen LogP contribution in [0, 0.1) is 0 Å². The molecule has 0 unspecified atom stereocenters. The van der Waals surface area contributed by atoms with E-state index in [9.17, 15) is 0 Å². The van der Waals surface area contributed by atoms with Crippen LogP contribution in [0.5, 0.6) is 0 Å². The summed E-state index contributed by atoms with van der Waals surface area (Å²) in [7, 11) is 0. The predicted octanol–water partition coefficient (Wildman–Crippen LogP) is 1.36. The molecule has 0 radical (unpaired) electrons. The SMILES string of the molecule is CCCc1cc(NC/C=C/CN)ncn1. The maximum atomic E-state index is 5.33. The Morgan fingerprint density at radius 1 is 1.40 bits per heavy atom. The van der Waals surface area contributed by atoms with Gasteiger partial charge in [-0.15, -0.1) is 0 Å². The molecule has 0 bridgehead atoms. The Kier molecular flexibility index (Phi) is 5.40. The molecule has 4 heteroatoms. The molecule has 1 aromatic heterocycles. The predicted molar refractivity (Wildman–Crippen MR) is 62.7 cm³/mol. The van der Waals surface area contributed by atoms with E-state index in [0.29, 0.717) is 6.54 Å². The van der Waals surface area contributed by atoms with Gasteiger partial charge in [-0.3, -0.25) is 0 Å². The monoisotopic (exact) mass is 206 g/mol. The number of hydrogen-bond acceptors (Lipinski definition) is 4. The molecular weight excluding hydrogens is 188 g/mol. The Morgan fingerprint density at radius 2 is 2.27 bits per heavy atom. The molecule has 3 N–H and O–H groups in total. The van der Waals surface area contributed by atoms with Crippen LogP contribution in [0.1, 0.15) is 19.0 Å². The lowest BCUT2D eigenvalue weighted by Crippen LogP contribution is -2.03. The van der Waals surface area contributed by atoms with Crippen LogP contribution in [0.3, 0.4) is 0 Å². The van der Waals surface area contributed by atoms with E-state index in [2.05, 4.69) is 22.2 Å². The summed E-state index contributed by atoms with van der Waals surface area (Å²) in [6.07, 6.45) is 7.60. The third-order valence-corrected chi connectivity index (χ3v) is 1.93. The molecule has 0 saturated heterocycles. The highest BCUT2D eigenvalue weighted by atomic mass is 15.0. The number of aromatic nitrogens is 2. The van der Waals surface area contributed by atoms with Crippen molar-refractivity contribution in [1.29, 1.82) is 0 Å². The first-order valence-electron chi connectivity index (χ1n) is 5.26. The average molecular weight is 206 g/mol. The number of rotatable bonds is 6. The largest absolute Gasteiger partial charge is 0.366 e. The van der Waals surface area contributed by atoms with E-state index in [1.807, 2.05) is 18.2 Å². The normalized spacial score (nSPS) is 10.8. The molecule has 4 nitrogen and oxygen atoms in total. The van der Waals surface area contributed by atoms with Crippen LogP contribution >= 0.6 is 0 Å². The van der Waals surface area contributed by atoms with Gasteiger partial charge in [-0.25, -0.2) is 9.97 Å². The number of nitrogens with two attached hydrogens (primary N) is 1. The molecule has 0 aliphatic carbocycles. The van der Waals surface area contributed by atoms with Gasteiger partial charge in [-0.2, -0.15) is 0 Å². The van der Waals surface area contributed by atoms with Crippen molar-refractivity contribution >= 4 is 5.82 Å². The zero-order chi connectivity index (χ0) is 10.9. The van der Waals surface area contributed by atoms with E-state index in [1.54, 1.807) is 6.33 Å². The van der Waals surface area contributed by atoms with Crippen molar-refractivity contribution < 1.29 is 0 Å². The number of anilines is 1. The zero-order valence-electron chi connectivity index (χ0n) is 9.11. The molecule has 0 aliphatic rings. The van der Waals surface area contributed by atoms with Crippen LogP contribution in [-0.2, 0) is 6.42 Å². The van der Waals surface area contributed by atoms with Crippen molar-refractivity contribution in [1.82, 2.24) is 9.97 Å². The molecule has 0 spiro atoms. The van der Waals surface area contributed by atoms with E-state index in [1.165, 1.54) is 0 Å². The highest BCUT2D eigenvalue weighted by Crippen LogP contribution is 2.05. The summed E-state index contributed by atoms with van der Waals surface area (Å²) in [5.41, 5.74) is 6.41. The minimum atomic E-state index is 0.576. The van der Waals surface area contributed by atoms with E-state index < -0.39 is 0 Å². The smallest absolute Gasteiger partial charge is 0.129 e. The second kappa shape index (κ2) is 6.95. The van der Waals surface area contributed by atoms with Crippen molar-refractivity contribution in [3.8, 4) is 0 Å². The first kappa shape index (κ1) is 11.7. The fourth-order valence-corrected chi connectivity index (χ4v) is 1.23. The van der Waals surface area contributed by atoms with Gasteiger partial charge >= 0.3 is 0 Å². The summed E-state index contributed by atoms with van der Waals surface area (Å²) in [4.78, 5) is 8.32. The van der Waals surface area contributed by atoms with Gasteiger partial charge in [0.25, 0.3) is 0 Å². The van der Waals surface area contributed by atoms with Crippen LogP contribution < -0.4 is 11.1 Å². The molecular formula is C11H18N4. The Balaban J connectivity index is 2.46. The second-order valence-electron chi connectivity index (χ2n) is 3.23. The molecule has 0 aliphatic heterocycles. The van der Waals surface area contributed by atoms with Crippen molar-refractivity contribution in [2.75, 3.05) is 18.4 Å². The summed E-state index contributed by atoms with van der Waals surface area (Å²) in [6, 6.07) is 1.99. The summed E-state index contributed by atoms with van der Waals surface area (Å²) >= 11 is 0. The summed E-state index contributed by atoms with van der Waals surface area (Å²) in [5.74, 6) is 0.870. The van der Waals surface area contributed by atoms with E-state index in [-0.39, 0.29) is 0 Å². The molecule has 0 atom stereocenters. The average Bonchev–Trinajstić information content (AvgIpc) is 2.26. The molecule has 1 aromatic rings. The second-order valence-corrected chi connectivity index (χ2v) is 3.23. The Morgan fingerprint density at radius 3 is 3.00 bits per heavy atom. The number of nitrogens with one attached hydrogen (secondary N) is 1. The van der Waals surface area contributed by atoms with Gasteiger partial charge in [-0.05, 0) is 6.42 Å². The molecule has 0 fully saturated rings. The van der Waals surface area contributed by atoms with Crippen molar-refractivity contribution in [2.24, 2.45) is 5.73 Å². The highest BCUT2D eigenvalue weighted by molar-refractivity contribution is 5.35. The fraction of sp³-hybridized carbons (Fsp3) is 0.455. The minimum Gasteiger partial charge on any atom is -0.366 e. The molecule has 1 rings (SSSR count). The van der Waals surface area contributed by atoms with Gasteiger partial charge in [-0.1, -0.05) is 25.5 Å². The maximum absolute atomic E-state index is 5.33. The Labute approximate surface area is 90.6 Å². The number of nitrogens with zero attached hydrogens (tertiary/aromatic N) is 2. The molecule has 82 valence electrons. The third kappa shape index (κ3) is 4.56. The van der Waals surface area contributed by atoms with E-state index >= 15 is 0 Å². The van der Waals surface area contributed by atoms with Crippen molar-refractivity contribution in [3.05, 3.63) is 30.2 Å². The zero-order valence-corrected chi connectivity index (χ0v) is 9.11. The number of aryl methyl sites for hydroxylation is 1. The lowest BCUT2D eigenvalue weighted by Gasteiger charge is -2.03. The lowest BCUT2D eigenvalue weighted by molar-refractivity contribution is 0.872. The topological polar surface area (TPSA) is 63.8 Å². The Bertz CT molecular complexity index is 309. The lowest BCUT2D eigenvalue weighted by atomic mass is 10.2. The van der Waals surface area contributed by atoms with Gasteiger partial charge in [0.15, 0.2) is 0 Å². The van der Waals surface area contributed by atoms with Gasteiger partial charge in [0.2, 0.25) is 0 Å². The summed E-state index contributed by atoms with van der Waals surface area (Å²) < 4.78 is 0. The highest BCUT2D eigenvalue weighted by Gasteiger charge is 1.95. The van der Waals surface area contributed by atoms with Crippen molar-refractivity contribution in [2.45, 2.75) is 19.8 Å². The third-order valence-electron chi connectivity index (χ3n) is 1.93. The van der Waals surface area contributed by atoms with E-state index in [0.717, 1.165) is 30.9 Å². The van der Waals surface area contributed by atoms with Gasteiger partial charge < -0.3 is 11.1 Å². The minimum absolute atomic E-state index is 0.576.